The van der Waals surface area contributed by atoms with Gasteiger partial charge < -0.3 is 0 Å². The van der Waals surface area contributed by atoms with Gasteiger partial charge in [0.1, 0.15) is 5.69 Å². The molecule has 0 fully saturated rings. The van der Waals surface area contributed by atoms with E-state index in [0.717, 1.165) is 5.56 Å². The monoisotopic (exact) mass is 201 g/mol. The topological polar surface area (TPSA) is 47.8 Å². The summed E-state index contributed by atoms with van der Waals surface area (Å²) in [5, 5.41) is 7.61. The quantitative estimate of drug-likeness (QED) is 0.707. The van der Waals surface area contributed by atoms with Crippen molar-refractivity contribution in [2.45, 2.75) is 13.5 Å². The van der Waals surface area contributed by atoms with Gasteiger partial charge in [0.25, 0.3) is 0 Å². The normalized spacial score (nSPS) is 10.2. The summed E-state index contributed by atoms with van der Waals surface area (Å²) < 4.78 is 1.61. The van der Waals surface area contributed by atoms with Crippen molar-refractivity contribution in [2.24, 2.45) is 0 Å². The van der Waals surface area contributed by atoms with Gasteiger partial charge in [-0.15, -0.1) is 5.10 Å². The molecule has 4 heteroatoms. The Morgan fingerprint density at radius 2 is 2.07 bits per heavy atom. The number of carbonyl (C=O) groups excluding carboxylic acids is 1. The average molecular weight is 201 g/mol. The molecule has 4 nitrogen and oxygen atoms in total. The highest BCUT2D eigenvalue weighted by molar-refractivity contribution is 5.91. The minimum Gasteiger partial charge on any atom is -0.293 e. The molecule has 1 heterocycles. The highest BCUT2D eigenvalue weighted by Gasteiger charge is 2.08. The molecular weight excluding hydrogens is 190 g/mol. The number of Topliss-reactive ketones (excluding diaryl/α,β-unsaturated/α-hetero) is 1. The molecule has 0 N–H and O–H groups in total. The summed E-state index contributed by atoms with van der Waals surface area (Å²) in [6.07, 6.45) is 1.49. The van der Waals surface area contributed by atoms with Crippen LogP contribution in [0.25, 0.3) is 0 Å². The molecule has 0 bridgehead atoms. The van der Waals surface area contributed by atoms with Crippen LogP contribution in [0.5, 0.6) is 0 Å². The van der Waals surface area contributed by atoms with Gasteiger partial charge in [-0.1, -0.05) is 35.5 Å². The van der Waals surface area contributed by atoms with Gasteiger partial charge in [0, 0.05) is 6.92 Å². The van der Waals surface area contributed by atoms with Crippen LogP contribution in [-0.2, 0) is 6.54 Å². The van der Waals surface area contributed by atoms with E-state index in [0.29, 0.717) is 12.2 Å². The SMILES string of the molecule is CC(=O)c1cnnn1Cc1ccccc1. The zero-order valence-corrected chi connectivity index (χ0v) is 8.42. The summed E-state index contributed by atoms with van der Waals surface area (Å²) in [6.45, 7) is 2.09. The first-order chi connectivity index (χ1) is 7.27. The van der Waals surface area contributed by atoms with E-state index in [1.807, 2.05) is 30.3 Å². The number of rotatable bonds is 3. The Balaban J connectivity index is 2.25. The van der Waals surface area contributed by atoms with E-state index in [9.17, 15) is 4.79 Å². The molecule has 1 aromatic carbocycles. The molecule has 0 unspecified atom stereocenters. The Morgan fingerprint density at radius 3 is 2.73 bits per heavy atom. The molecular formula is C11H11N3O. The Morgan fingerprint density at radius 1 is 1.33 bits per heavy atom. The Hall–Kier alpha value is -1.97. The van der Waals surface area contributed by atoms with Crippen molar-refractivity contribution in [1.82, 2.24) is 15.0 Å². The second-order valence-electron chi connectivity index (χ2n) is 3.32. The second-order valence-corrected chi connectivity index (χ2v) is 3.32. The third-order valence-corrected chi connectivity index (χ3v) is 2.15. The van der Waals surface area contributed by atoms with Gasteiger partial charge in [0.15, 0.2) is 5.78 Å². The van der Waals surface area contributed by atoms with Gasteiger partial charge in [-0.05, 0) is 5.56 Å². The van der Waals surface area contributed by atoms with Crippen molar-refractivity contribution < 1.29 is 4.79 Å². The van der Waals surface area contributed by atoms with Crippen molar-refractivity contribution in [1.29, 1.82) is 0 Å². The zero-order valence-electron chi connectivity index (χ0n) is 8.42. The predicted molar refractivity (Wildman–Crippen MR) is 55.6 cm³/mol. The predicted octanol–water partition coefficient (Wildman–Crippen LogP) is 1.53. The fourth-order valence-electron chi connectivity index (χ4n) is 1.40. The lowest BCUT2D eigenvalue weighted by Crippen LogP contribution is -2.09. The summed E-state index contributed by atoms with van der Waals surface area (Å²) in [5.74, 6) is -0.0177. The van der Waals surface area contributed by atoms with Crippen LogP contribution < -0.4 is 0 Å². The summed E-state index contributed by atoms with van der Waals surface area (Å²) in [7, 11) is 0. The van der Waals surface area contributed by atoms with Crippen molar-refractivity contribution in [3.8, 4) is 0 Å². The summed E-state index contributed by atoms with van der Waals surface area (Å²) in [5.41, 5.74) is 1.64. The fourth-order valence-corrected chi connectivity index (χ4v) is 1.40. The first-order valence-corrected chi connectivity index (χ1v) is 4.71. The molecule has 0 atom stereocenters. The van der Waals surface area contributed by atoms with Crippen LogP contribution in [0.15, 0.2) is 36.5 Å². The van der Waals surface area contributed by atoms with Crippen LogP contribution in [-0.4, -0.2) is 20.8 Å². The summed E-state index contributed by atoms with van der Waals surface area (Å²) >= 11 is 0. The molecule has 0 aliphatic heterocycles. The van der Waals surface area contributed by atoms with Crippen molar-refractivity contribution in [3.05, 3.63) is 47.8 Å². The number of ketones is 1. The molecule has 0 saturated heterocycles. The van der Waals surface area contributed by atoms with Crippen LogP contribution in [0.2, 0.25) is 0 Å². The van der Waals surface area contributed by atoms with Crippen LogP contribution in [0, 0.1) is 0 Å². The minimum absolute atomic E-state index is 0.0177. The standard InChI is InChI=1S/C11H11N3O/c1-9(15)11-7-12-13-14(11)8-10-5-3-2-4-6-10/h2-7H,8H2,1H3. The Labute approximate surface area is 87.5 Å². The maximum absolute atomic E-state index is 11.2. The molecule has 0 saturated carbocycles. The molecule has 2 rings (SSSR count). The average Bonchev–Trinajstić information content (AvgIpc) is 2.67. The number of benzene rings is 1. The van der Waals surface area contributed by atoms with Gasteiger partial charge >= 0.3 is 0 Å². The smallest absolute Gasteiger partial charge is 0.179 e. The zero-order chi connectivity index (χ0) is 10.7. The van der Waals surface area contributed by atoms with Crippen molar-refractivity contribution >= 4 is 5.78 Å². The number of carbonyl (C=O) groups is 1. The molecule has 2 aromatic rings. The van der Waals surface area contributed by atoms with Crippen molar-refractivity contribution in [2.75, 3.05) is 0 Å². The summed E-state index contributed by atoms with van der Waals surface area (Å²) in [4.78, 5) is 11.2. The van der Waals surface area contributed by atoms with E-state index in [-0.39, 0.29) is 5.78 Å². The summed E-state index contributed by atoms with van der Waals surface area (Å²) in [6, 6.07) is 9.85. The lowest BCUT2D eigenvalue weighted by Gasteiger charge is -2.03. The van der Waals surface area contributed by atoms with Crippen LogP contribution >= 0.6 is 0 Å². The van der Waals surface area contributed by atoms with Crippen LogP contribution in [0.1, 0.15) is 23.0 Å². The van der Waals surface area contributed by atoms with Gasteiger partial charge in [0.05, 0.1) is 12.7 Å². The molecule has 76 valence electrons. The number of hydrogen-bond donors (Lipinski definition) is 0. The van der Waals surface area contributed by atoms with Crippen LogP contribution in [0.4, 0.5) is 0 Å². The van der Waals surface area contributed by atoms with Gasteiger partial charge in [-0.3, -0.25) is 4.79 Å². The number of nitrogens with zero attached hydrogens (tertiary/aromatic N) is 3. The molecule has 15 heavy (non-hydrogen) atoms. The Bertz CT molecular complexity index is 462. The molecule has 0 amide bonds. The number of aromatic nitrogens is 3. The fraction of sp³-hybridized carbons (Fsp3) is 0.182. The first kappa shape index (κ1) is 9.58. The maximum atomic E-state index is 11.2. The van der Waals surface area contributed by atoms with Gasteiger partial charge in [-0.2, -0.15) is 0 Å². The molecule has 0 aliphatic rings. The van der Waals surface area contributed by atoms with E-state index in [1.54, 1.807) is 4.68 Å². The Kier molecular flexibility index (Phi) is 2.58. The maximum Gasteiger partial charge on any atom is 0.179 e. The van der Waals surface area contributed by atoms with Crippen LogP contribution in [0.3, 0.4) is 0 Å². The van der Waals surface area contributed by atoms with E-state index in [2.05, 4.69) is 10.3 Å². The largest absolute Gasteiger partial charge is 0.293 e. The number of hydrogen-bond acceptors (Lipinski definition) is 3. The van der Waals surface area contributed by atoms with E-state index in [4.69, 9.17) is 0 Å². The molecule has 0 spiro atoms. The highest BCUT2D eigenvalue weighted by Crippen LogP contribution is 2.04. The lowest BCUT2D eigenvalue weighted by atomic mass is 10.2. The molecule has 1 aromatic heterocycles. The lowest BCUT2D eigenvalue weighted by molar-refractivity contribution is 0.100. The van der Waals surface area contributed by atoms with E-state index in [1.165, 1.54) is 13.1 Å². The molecule has 0 aliphatic carbocycles. The third kappa shape index (κ3) is 2.10. The van der Waals surface area contributed by atoms with Crippen molar-refractivity contribution in [3.63, 3.8) is 0 Å². The minimum atomic E-state index is -0.0177. The van der Waals surface area contributed by atoms with Gasteiger partial charge in [-0.25, -0.2) is 4.68 Å². The highest BCUT2D eigenvalue weighted by atomic mass is 16.1. The first-order valence-electron chi connectivity index (χ1n) is 4.71. The van der Waals surface area contributed by atoms with E-state index < -0.39 is 0 Å². The van der Waals surface area contributed by atoms with E-state index >= 15 is 0 Å². The van der Waals surface area contributed by atoms with Gasteiger partial charge in [0.2, 0.25) is 0 Å². The third-order valence-electron chi connectivity index (χ3n) is 2.15. The molecule has 0 radical (unpaired) electrons. The second kappa shape index (κ2) is 4.04.